The monoisotopic (exact) mass is 233 g/mol. The number of benzene rings is 1. The fourth-order valence-electron chi connectivity index (χ4n) is 2.28. The molecule has 1 fully saturated rings. The second kappa shape index (κ2) is 5.29. The number of amides is 1. The van der Waals surface area contributed by atoms with Crippen LogP contribution in [0.4, 0.5) is 0 Å². The van der Waals surface area contributed by atoms with Crippen LogP contribution in [0.1, 0.15) is 24.4 Å². The van der Waals surface area contributed by atoms with Crippen LogP contribution in [0, 0.1) is 0 Å². The van der Waals surface area contributed by atoms with Crippen LogP contribution >= 0.6 is 0 Å². The molecule has 1 heterocycles. The normalized spacial score (nSPS) is 21.2. The van der Waals surface area contributed by atoms with Crippen LogP contribution in [0.25, 0.3) is 0 Å². The Labute approximate surface area is 102 Å². The van der Waals surface area contributed by atoms with Gasteiger partial charge in [-0.1, -0.05) is 30.3 Å². The lowest BCUT2D eigenvalue weighted by Crippen LogP contribution is -2.38. The zero-order valence-corrected chi connectivity index (χ0v) is 10.2. The van der Waals surface area contributed by atoms with Gasteiger partial charge in [0.15, 0.2) is 0 Å². The van der Waals surface area contributed by atoms with Gasteiger partial charge in [-0.05, 0) is 18.5 Å². The highest BCUT2D eigenvalue weighted by atomic mass is 16.2. The molecule has 1 aromatic rings. The molecule has 1 atom stereocenters. The van der Waals surface area contributed by atoms with E-state index in [9.17, 15) is 4.79 Å². The van der Waals surface area contributed by atoms with Gasteiger partial charge in [-0.2, -0.15) is 0 Å². The molecule has 0 radical (unpaired) electrons. The lowest BCUT2D eigenvalue weighted by Gasteiger charge is -2.29. The van der Waals surface area contributed by atoms with E-state index in [1.54, 1.807) is 5.01 Å². The number of rotatable bonds is 4. The first-order valence-corrected chi connectivity index (χ1v) is 6.02. The van der Waals surface area contributed by atoms with Crippen molar-refractivity contribution in [1.82, 2.24) is 10.0 Å². The quantitative estimate of drug-likeness (QED) is 0.849. The first-order valence-electron chi connectivity index (χ1n) is 6.02. The lowest BCUT2D eigenvalue weighted by atomic mass is 10.0. The van der Waals surface area contributed by atoms with E-state index in [0.717, 1.165) is 13.0 Å². The summed E-state index contributed by atoms with van der Waals surface area (Å²) in [5.74, 6) is 0.177. The molecule has 1 aliphatic rings. The van der Waals surface area contributed by atoms with Crippen molar-refractivity contribution in [2.75, 3.05) is 20.1 Å². The molecule has 0 saturated carbocycles. The molecule has 0 spiro atoms. The summed E-state index contributed by atoms with van der Waals surface area (Å²) in [4.78, 5) is 11.8. The number of nitrogens with zero attached hydrogens (tertiary/aromatic N) is 2. The van der Waals surface area contributed by atoms with Crippen LogP contribution in [-0.2, 0) is 4.79 Å². The van der Waals surface area contributed by atoms with Gasteiger partial charge >= 0.3 is 0 Å². The van der Waals surface area contributed by atoms with Gasteiger partial charge in [0.1, 0.15) is 0 Å². The lowest BCUT2D eigenvalue weighted by molar-refractivity contribution is -0.136. The topological polar surface area (TPSA) is 49.6 Å². The van der Waals surface area contributed by atoms with Crippen LogP contribution in [-0.4, -0.2) is 36.1 Å². The Balaban J connectivity index is 2.17. The predicted molar refractivity (Wildman–Crippen MR) is 66.9 cm³/mol. The van der Waals surface area contributed by atoms with E-state index in [4.69, 9.17) is 5.73 Å². The number of hydrogen-bond acceptors (Lipinski definition) is 3. The van der Waals surface area contributed by atoms with Crippen molar-refractivity contribution in [3.05, 3.63) is 35.9 Å². The fourth-order valence-corrected chi connectivity index (χ4v) is 2.28. The third-order valence-electron chi connectivity index (χ3n) is 3.25. The van der Waals surface area contributed by atoms with Crippen molar-refractivity contribution < 1.29 is 4.79 Å². The summed E-state index contributed by atoms with van der Waals surface area (Å²) in [6, 6.07) is 10.3. The third kappa shape index (κ3) is 2.48. The Kier molecular flexibility index (Phi) is 3.76. The maximum absolute atomic E-state index is 11.8. The summed E-state index contributed by atoms with van der Waals surface area (Å²) in [5.41, 5.74) is 6.74. The average molecular weight is 233 g/mol. The van der Waals surface area contributed by atoms with Crippen LogP contribution < -0.4 is 5.73 Å². The molecule has 2 rings (SSSR count). The van der Waals surface area contributed by atoms with Gasteiger partial charge in [0.2, 0.25) is 5.91 Å². The number of carbonyl (C=O) groups excluding carboxylic acids is 1. The Morgan fingerprint density at radius 2 is 2.06 bits per heavy atom. The van der Waals surface area contributed by atoms with Crippen molar-refractivity contribution in [2.45, 2.75) is 18.9 Å². The van der Waals surface area contributed by atoms with Gasteiger partial charge in [-0.15, -0.1) is 0 Å². The van der Waals surface area contributed by atoms with E-state index in [1.165, 1.54) is 5.56 Å². The highest BCUT2D eigenvalue weighted by Crippen LogP contribution is 2.31. The van der Waals surface area contributed by atoms with Crippen LogP contribution in [0.2, 0.25) is 0 Å². The molecule has 4 nitrogen and oxygen atoms in total. The summed E-state index contributed by atoms with van der Waals surface area (Å²) in [7, 11) is 1.84. The Bertz CT molecular complexity index is 380. The van der Waals surface area contributed by atoms with Crippen molar-refractivity contribution in [2.24, 2.45) is 5.73 Å². The minimum absolute atomic E-state index is 0.167. The fraction of sp³-hybridized carbons (Fsp3) is 0.462. The molecule has 0 aliphatic carbocycles. The van der Waals surface area contributed by atoms with Crippen LogP contribution in [0.3, 0.4) is 0 Å². The molecule has 0 aromatic heterocycles. The van der Waals surface area contributed by atoms with E-state index in [-0.39, 0.29) is 11.9 Å². The summed E-state index contributed by atoms with van der Waals surface area (Å²) in [5, 5.41) is 3.85. The maximum atomic E-state index is 11.8. The van der Waals surface area contributed by atoms with E-state index in [2.05, 4.69) is 17.1 Å². The number of nitrogens with two attached hydrogens (primary N) is 1. The van der Waals surface area contributed by atoms with Gasteiger partial charge in [0, 0.05) is 20.0 Å². The molecule has 4 heteroatoms. The number of carbonyl (C=O) groups is 1. The highest BCUT2D eigenvalue weighted by molar-refractivity contribution is 5.78. The average Bonchev–Trinajstić information content (AvgIpc) is 2.65. The second-order valence-corrected chi connectivity index (χ2v) is 4.35. The van der Waals surface area contributed by atoms with Crippen molar-refractivity contribution in [3.63, 3.8) is 0 Å². The summed E-state index contributed by atoms with van der Waals surface area (Å²) < 4.78 is 0. The van der Waals surface area contributed by atoms with E-state index in [0.29, 0.717) is 13.0 Å². The summed E-state index contributed by atoms with van der Waals surface area (Å²) in [6.07, 6.45) is 1.46. The van der Waals surface area contributed by atoms with E-state index in [1.807, 2.05) is 25.2 Å². The molecule has 1 aliphatic heterocycles. The van der Waals surface area contributed by atoms with Crippen molar-refractivity contribution in [3.8, 4) is 0 Å². The Hall–Kier alpha value is -1.39. The first kappa shape index (κ1) is 12.1. The third-order valence-corrected chi connectivity index (χ3v) is 3.25. The molecule has 0 bridgehead atoms. The van der Waals surface area contributed by atoms with Gasteiger partial charge < -0.3 is 5.73 Å². The maximum Gasteiger partial charge on any atom is 0.238 e. The van der Waals surface area contributed by atoms with Gasteiger partial charge in [0.05, 0.1) is 6.04 Å². The van der Waals surface area contributed by atoms with Gasteiger partial charge in [-0.25, -0.2) is 5.01 Å². The minimum atomic E-state index is 0.167. The summed E-state index contributed by atoms with van der Waals surface area (Å²) in [6.45, 7) is 1.48. The molecule has 1 unspecified atom stereocenters. The number of hydrazine groups is 1. The largest absolute Gasteiger partial charge is 0.330 e. The Morgan fingerprint density at radius 1 is 1.35 bits per heavy atom. The molecule has 1 amide bonds. The van der Waals surface area contributed by atoms with Gasteiger partial charge in [-0.3, -0.25) is 9.80 Å². The first-order chi connectivity index (χ1) is 8.24. The molecule has 17 heavy (non-hydrogen) atoms. The smallest absolute Gasteiger partial charge is 0.238 e. The zero-order chi connectivity index (χ0) is 12.3. The highest BCUT2D eigenvalue weighted by Gasteiger charge is 2.35. The Morgan fingerprint density at radius 3 is 2.71 bits per heavy atom. The SMILES string of the molecule is CN1C(=O)CC(c2ccccc2)N1CCCN. The molecule has 1 saturated heterocycles. The van der Waals surface area contributed by atoms with Crippen molar-refractivity contribution in [1.29, 1.82) is 0 Å². The molecule has 2 N–H and O–H groups in total. The zero-order valence-electron chi connectivity index (χ0n) is 10.2. The molecule has 92 valence electrons. The molecular weight excluding hydrogens is 214 g/mol. The summed E-state index contributed by atoms with van der Waals surface area (Å²) >= 11 is 0. The van der Waals surface area contributed by atoms with Gasteiger partial charge in [0.25, 0.3) is 0 Å². The van der Waals surface area contributed by atoms with E-state index >= 15 is 0 Å². The van der Waals surface area contributed by atoms with Crippen molar-refractivity contribution >= 4 is 5.91 Å². The molecule has 1 aromatic carbocycles. The molecular formula is C13H19N3O. The minimum Gasteiger partial charge on any atom is -0.330 e. The standard InChI is InChI=1S/C13H19N3O/c1-15-13(17)10-12(16(15)9-5-8-14)11-6-3-2-4-7-11/h2-4,6-7,12H,5,8-10,14H2,1H3. The second-order valence-electron chi connectivity index (χ2n) is 4.35. The van der Waals surface area contributed by atoms with E-state index < -0.39 is 0 Å². The predicted octanol–water partition coefficient (Wildman–Crippen LogP) is 1.16. The number of hydrogen-bond donors (Lipinski definition) is 1. The van der Waals surface area contributed by atoms with Crippen LogP contribution in [0.15, 0.2) is 30.3 Å². The van der Waals surface area contributed by atoms with Crippen LogP contribution in [0.5, 0.6) is 0 Å².